The van der Waals surface area contributed by atoms with Gasteiger partial charge in [-0.2, -0.15) is 5.10 Å². The van der Waals surface area contributed by atoms with Crippen LogP contribution in [-0.4, -0.2) is 38.6 Å². The molecule has 4 heterocycles. The molecule has 162 valence electrons. The van der Waals surface area contributed by atoms with Crippen LogP contribution >= 0.6 is 0 Å². The minimum atomic E-state index is -0.271. The van der Waals surface area contributed by atoms with Crippen LogP contribution in [-0.2, 0) is 11.3 Å². The Balaban J connectivity index is 1.26. The van der Waals surface area contributed by atoms with E-state index in [-0.39, 0.29) is 17.6 Å². The number of nitrogens with zero attached hydrogens (tertiary/aromatic N) is 5. The predicted molar refractivity (Wildman–Crippen MR) is 119 cm³/mol. The van der Waals surface area contributed by atoms with Gasteiger partial charge in [0.25, 0.3) is 0 Å². The first kappa shape index (κ1) is 20.1. The third-order valence-electron chi connectivity index (χ3n) is 5.89. The number of fused-ring (bicyclic) bond motifs is 1. The first-order chi connectivity index (χ1) is 15.7. The Bertz CT molecular complexity index is 1220. The minimum absolute atomic E-state index is 0.00694. The molecular weight excluding hydrogens is 407 g/mol. The molecule has 0 aliphatic carbocycles. The van der Waals surface area contributed by atoms with Gasteiger partial charge in [-0.15, -0.1) is 0 Å². The molecule has 0 unspecified atom stereocenters. The normalized spacial score (nSPS) is 14.6. The second kappa shape index (κ2) is 8.74. The Labute approximate surface area is 184 Å². The van der Waals surface area contributed by atoms with E-state index in [2.05, 4.69) is 25.3 Å². The van der Waals surface area contributed by atoms with Crippen molar-refractivity contribution in [3.63, 3.8) is 0 Å². The van der Waals surface area contributed by atoms with Gasteiger partial charge in [0.15, 0.2) is 5.82 Å². The third-order valence-corrected chi connectivity index (χ3v) is 5.89. The summed E-state index contributed by atoms with van der Waals surface area (Å²) < 4.78 is 15.1. The molecule has 0 spiro atoms. The van der Waals surface area contributed by atoms with Gasteiger partial charge < -0.3 is 10.2 Å². The number of halogens is 1. The number of nitrogens with one attached hydrogen (secondary N) is 1. The lowest BCUT2D eigenvalue weighted by molar-refractivity contribution is -0.125. The third kappa shape index (κ3) is 4.16. The fourth-order valence-corrected chi connectivity index (χ4v) is 4.10. The Morgan fingerprint density at radius 3 is 2.56 bits per heavy atom. The van der Waals surface area contributed by atoms with Crippen molar-refractivity contribution in [2.24, 2.45) is 5.92 Å². The SMILES string of the molecule is O=C(NCc1ccncc1)C1CCN(c2nccn3nc(-c4ccc(F)cc4)cc23)CC1. The van der Waals surface area contributed by atoms with Crippen molar-refractivity contribution < 1.29 is 9.18 Å². The highest BCUT2D eigenvalue weighted by Crippen LogP contribution is 2.28. The van der Waals surface area contributed by atoms with Crippen LogP contribution in [0, 0.1) is 11.7 Å². The van der Waals surface area contributed by atoms with E-state index in [0.29, 0.717) is 6.54 Å². The Morgan fingerprint density at radius 2 is 1.81 bits per heavy atom. The molecule has 7 nitrogen and oxygen atoms in total. The summed E-state index contributed by atoms with van der Waals surface area (Å²) in [7, 11) is 0. The first-order valence-electron chi connectivity index (χ1n) is 10.7. The van der Waals surface area contributed by atoms with E-state index in [1.165, 1.54) is 12.1 Å². The molecule has 0 atom stereocenters. The number of hydrogen-bond acceptors (Lipinski definition) is 5. The quantitative estimate of drug-likeness (QED) is 0.525. The lowest BCUT2D eigenvalue weighted by atomic mass is 9.95. The standard InChI is InChI=1S/C24H23FN6O/c25-20-3-1-18(2-4-20)21-15-22-23(27-11-14-31(22)29-21)30-12-7-19(8-13-30)24(32)28-16-17-5-9-26-10-6-17/h1-6,9-11,14-15,19H,7-8,12-13,16H2,(H,28,32). The van der Waals surface area contributed by atoms with Crippen molar-refractivity contribution in [2.45, 2.75) is 19.4 Å². The van der Waals surface area contributed by atoms with Gasteiger partial charge in [-0.05, 0) is 60.9 Å². The molecule has 1 amide bonds. The summed E-state index contributed by atoms with van der Waals surface area (Å²) in [5.74, 6) is 0.666. The zero-order chi connectivity index (χ0) is 21.9. The second-order valence-electron chi connectivity index (χ2n) is 7.95. The van der Waals surface area contributed by atoms with E-state index in [1.54, 1.807) is 35.2 Å². The molecule has 0 bridgehead atoms. The van der Waals surface area contributed by atoms with Gasteiger partial charge >= 0.3 is 0 Å². The monoisotopic (exact) mass is 430 g/mol. The number of aromatic nitrogens is 4. The summed E-state index contributed by atoms with van der Waals surface area (Å²) >= 11 is 0. The van der Waals surface area contributed by atoms with Gasteiger partial charge in [-0.25, -0.2) is 13.9 Å². The molecule has 0 saturated carbocycles. The molecule has 1 fully saturated rings. The zero-order valence-electron chi connectivity index (χ0n) is 17.5. The van der Waals surface area contributed by atoms with Crippen molar-refractivity contribution in [1.29, 1.82) is 0 Å². The fraction of sp³-hybridized carbons (Fsp3) is 0.250. The van der Waals surface area contributed by atoms with Gasteiger partial charge in [0.1, 0.15) is 11.3 Å². The molecule has 32 heavy (non-hydrogen) atoms. The van der Waals surface area contributed by atoms with Crippen LogP contribution in [0.4, 0.5) is 10.2 Å². The number of rotatable bonds is 5. The summed E-state index contributed by atoms with van der Waals surface area (Å²) in [4.78, 5) is 23.4. The molecule has 5 rings (SSSR count). The molecular formula is C24H23FN6O. The maximum absolute atomic E-state index is 13.3. The number of carbonyl (C=O) groups excluding carboxylic acids is 1. The van der Waals surface area contributed by atoms with Crippen LogP contribution in [0.3, 0.4) is 0 Å². The van der Waals surface area contributed by atoms with Crippen LogP contribution in [0.5, 0.6) is 0 Å². The van der Waals surface area contributed by atoms with E-state index in [4.69, 9.17) is 0 Å². The van der Waals surface area contributed by atoms with Crippen LogP contribution < -0.4 is 10.2 Å². The molecule has 1 N–H and O–H groups in total. The number of hydrogen-bond donors (Lipinski definition) is 1. The maximum Gasteiger partial charge on any atom is 0.223 e. The highest BCUT2D eigenvalue weighted by Gasteiger charge is 2.26. The minimum Gasteiger partial charge on any atom is -0.355 e. The van der Waals surface area contributed by atoms with Gasteiger partial charge in [0.2, 0.25) is 5.91 Å². The number of pyridine rings is 1. The van der Waals surface area contributed by atoms with Gasteiger partial charge in [0, 0.05) is 55.9 Å². The highest BCUT2D eigenvalue weighted by molar-refractivity contribution is 5.79. The Hall–Kier alpha value is -3.81. The predicted octanol–water partition coefficient (Wildman–Crippen LogP) is 3.46. The molecule has 3 aromatic heterocycles. The average Bonchev–Trinajstić information content (AvgIpc) is 3.28. The van der Waals surface area contributed by atoms with Crippen LogP contribution in [0.1, 0.15) is 18.4 Å². The van der Waals surface area contributed by atoms with Gasteiger partial charge in [0.05, 0.1) is 5.69 Å². The lowest BCUT2D eigenvalue weighted by Gasteiger charge is -2.32. The number of amides is 1. The summed E-state index contributed by atoms with van der Waals surface area (Å²) in [6, 6.07) is 12.1. The van der Waals surface area contributed by atoms with Crippen LogP contribution in [0.2, 0.25) is 0 Å². The molecule has 4 aromatic rings. The first-order valence-corrected chi connectivity index (χ1v) is 10.7. The van der Waals surface area contributed by atoms with Gasteiger partial charge in [-0.3, -0.25) is 9.78 Å². The average molecular weight is 430 g/mol. The summed E-state index contributed by atoms with van der Waals surface area (Å²) in [6.07, 6.45) is 8.53. The van der Waals surface area contributed by atoms with E-state index in [0.717, 1.165) is 54.1 Å². The number of benzene rings is 1. The van der Waals surface area contributed by atoms with Crippen molar-refractivity contribution >= 4 is 17.2 Å². The molecule has 1 saturated heterocycles. The summed E-state index contributed by atoms with van der Waals surface area (Å²) in [5, 5.41) is 7.66. The van der Waals surface area contributed by atoms with Crippen LogP contribution in [0.15, 0.2) is 67.3 Å². The smallest absolute Gasteiger partial charge is 0.223 e. The van der Waals surface area contributed by atoms with Crippen molar-refractivity contribution in [3.05, 3.63) is 78.6 Å². The lowest BCUT2D eigenvalue weighted by Crippen LogP contribution is -2.40. The Morgan fingerprint density at radius 1 is 1.06 bits per heavy atom. The number of carbonyl (C=O) groups is 1. The van der Waals surface area contributed by atoms with Crippen molar-refractivity contribution in [2.75, 3.05) is 18.0 Å². The summed E-state index contributed by atoms with van der Waals surface area (Å²) in [6.45, 7) is 2.01. The molecule has 8 heteroatoms. The summed E-state index contributed by atoms with van der Waals surface area (Å²) in [5.41, 5.74) is 3.56. The Kier molecular flexibility index (Phi) is 5.49. The van der Waals surface area contributed by atoms with E-state index in [9.17, 15) is 9.18 Å². The molecule has 1 aromatic carbocycles. The molecule has 0 radical (unpaired) electrons. The van der Waals surface area contributed by atoms with E-state index >= 15 is 0 Å². The van der Waals surface area contributed by atoms with Crippen molar-refractivity contribution in [1.82, 2.24) is 24.9 Å². The highest BCUT2D eigenvalue weighted by atomic mass is 19.1. The zero-order valence-corrected chi connectivity index (χ0v) is 17.5. The van der Waals surface area contributed by atoms with Crippen molar-refractivity contribution in [3.8, 4) is 11.3 Å². The fourth-order valence-electron chi connectivity index (χ4n) is 4.10. The van der Waals surface area contributed by atoms with E-state index in [1.807, 2.05) is 24.4 Å². The van der Waals surface area contributed by atoms with Crippen LogP contribution in [0.25, 0.3) is 16.8 Å². The number of anilines is 1. The second-order valence-corrected chi connectivity index (χ2v) is 7.95. The molecule has 1 aliphatic heterocycles. The number of piperidine rings is 1. The largest absolute Gasteiger partial charge is 0.355 e. The maximum atomic E-state index is 13.3. The van der Waals surface area contributed by atoms with E-state index < -0.39 is 0 Å². The topological polar surface area (TPSA) is 75.4 Å². The van der Waals surface area contributed by atoms with Gasteiger partial charge in [-0.1, -0.05) is 0 Å². The molecule has 1 aliphatic rings.